The molecule has 0 saturated heterocycles. The van der Waals surface area contributed by atoms with Gasteiger partial charge in [-0.3, -0.25) is 4.57 Å². The monoisotopic (exact) mass is 1190 g/mol. The van der Waals surface area contributed by atoms with Gasteiger partial charge in [0.05, 0.1) is 17.1 Å². The van der Waals surface area contributed by atoms with E-state index < -0.39 is 5.41 Å². The van der Waals surface area contributed by atoms with Gasteiger partial charge >= 0.3 is 0 Å². The van der Waals surface area contributed by atoms with Crippen molar-refractivity contribution in [2.75, 3.05) is 0 Å². The van der Waals surface area contributed by atoms with Gasteiger partial charge < -0.3 is 13.9 Å². The molecule has 0 N–H and O–H groups in total. The zero-order valence-corrected chi connectivity index (χ0v) is 51.1. The van der Waals surface area contributed by atoms with Gasteiger partial charge in [-0.25, -0.2) is 4.98 Å². The van der Waals surface area contributed by atoms with Crippen LogP contribution in [0.25, 0.3) is 39.0 Å². The molecule has 0 atom stereocenters. The van der Waals surface area contributed by atoms with Crippen molar-refractivity contribution in [1.29, 1.82) is 0 Å². The summed E-state index contributed by atoms with van der Waals surface area (Å²) in [6, 6.07) is 56.3. The number of benzene rings is 6. The number of hydrogen-bond donors (Lipinski definition) is 0. The van der Waals surface area contributed by atoms with E-state index in [2.05, 4.69) is 297 Å². The second kappa shape index (κ2) is 19.8. The summed E-state index contributed by atoms with van der Waals surface area (Å²) in [4.78, 5) is 5.02. The normalized spacial score (nSPS) is 13.1. The Hall–Kier alpha value is -6.03. The quantitative estimate of drug-likeness (QED) is 0.107. The van der Waals surface area contributed by atoms with Crippen molar-refractivity contribution in [2.45, 2.75) is 169 Å². The summed E-state index contributed by atoms with van der Waals surface area (Å²) in [5.74, 6) is 2.07. The molecule has 5 nitrogen and oxygen atoms in total. The minimum atomic E-state index is -0.416. The molecule has 0 amide bonds. The molecule has 0 unspecified atom stereocenters. The van der Waals surface area contributed by atoms with E-state index in [0.717, 1.165) is 50.3 Å². The molecule has 0 aliphatic rings. The maximum absolute atomic E-state index is 7.30. The molecule has 0 aliphatic carbocycles. The fraction of sp³-hybridized carbons (Fsp3) is 0.371. The third-order valence-electron chi connectivity index (χ3n) is 15.4. The third-order valence-corrected chi connectivity index (χ3v) is 15.4. The minimum Gasteiger partial charge on any atom is -0.510 e. The maximum atomic E-state index is 7.30. The van der Waals surface area contributed by atoms with Crippen LogP contribution in [0.2, 0.25) is 0 Å². The van der Waals surface area contributed by atoms with Crippen LogP contribution in [0.5, 0.6) is 11.5 Å². The smallest absolute Gasteiger partial charge is 0.267 e. The van der Waals surface area contributed by atoms with Gasteiger partial charge in [0, 0.05) is 49.7 Å². The molecule has 398 valence electrons. The number of hydrogen-bond acceptors (Lipinski definition) is 2. The zero-order chi connectivity index (χ0) is 54.4. The Kier molecular flexibility index (Phi) is 14.6. The van der Waals surface area contributed by atoms with Crippen LogP contribution in [0.15, 0.2) is 140 Å². The van der Waals surface area contributed by atoms with Crippen LogP contribution in [0.1, 0.15) is 182 Å². The maximum Gasteiger partial charge on any atom is 0.267 e. The number of fused-ring (bicyclic) bond motifs is 3. The van der Waals surface area contributed by atoms with E-state index in [0.29, 0.717) is 11.5 Å². The van der Waals surface area contributed by atoms with Crippen molar-refractivity contribution in [2.24, 2.45) is 0 Å². The van der Waals surface area contributed by atoms with E-state index >= 15 is 0 Å². The molecule has 6 heteroatoms. The summed E-state index contributed by atoms with van der Waals surface area (Å²) in [6.07, 6.45) is 5.97. The third kappa shape index (κ3) is 10.7. The molecule has 0 aliphatic heterocycles. The number of ether oxygens (including phenoxy) is 1. The van der Waals surface area contributed by atoms with Gasteiger partial charge in [0.15, 0.2) is 0 Å². The van der Waals surface area contributed by atoms with Crippen molar-refractivity contribution in [3.05, 3.63) is 208 Å². The molecule has 0 spiro atoms. The van der Waals surface area contributed by atoms with E-state index in [-0.39, 0.29) is 53.6 Å². The van der Waals surface area contributed by atoms with Gasteiger partial charge in [0.1, 0.15) is 5.82 Å². The van der Waals surface area contributed by atoms with Crippen molar-refractivity contribution >= 4 is 21.8 Å². The number of para-hydroxylation sites is 1. The molecule has 0 radical (unpaired) electrons. The molecule has 0 fully saturated rings. The molecule has 3 aromatic heterocycles. The summed E-state index contributed by atoms with van der Waals surface area (Å²) >= 11 is 0. The van der Waals surface area contributed by atoms with Gasteiger partial charge in [0.2, 0.25) is 0 Å². The summed E-state index contributed by atoms with van der Waals surface area (Å²) in [5.41, 5.74) is 13.1. The van der Waals surface area contributed by atoms with Crippen LogP contribution < -0.4 is 9.30 Å². The van der Waals surface area contributed by atoms with E-state index in [1.165, 1.54) is 39.1 Å². The van der Waals surface area contributed by atoms with Crippen LogP contribution >= 0.6 is 0 Å². The zero-order valence-electron chi connectivity index (χ0n) is 48.8. The Labute approximate surface area is 470 Å². The number of pyridine rings is 1. The first kappa shape index (κ1) is 56.2. The molecule has 3 heterocycles. The van der Waals surface area contributed by atoms with Crippen molar-refractivity contribution in [3.8, 4) is 28.7 Å². The fourth-order valence-corrected chi connectivity index (χ4v) is 10.8. The number of imidazole rings is 1. The molecule has 9 aromatic rings. The number of rotatable bonds is 9. The topological polar surface area (TPSA) is 35.9 Å². The van der Waals surface area contributed by atoms with Crippen molar-refractivity contribution in [1.82, 2.24) is 14.1 Å². The first-order valence-electron chi connectivity index (χ1n) is 27.0. The van der Waals surface area contributed by atoms with Crippen LogP contribution in [-0.2, 0) is 59.0 Å². The van der Waals surface area contributed by atoms with Crippen molar-refractivity contribution < 1.29 is 30.4 Å². The van der Waals surface area contributed by atoms with E-state index in [9.17, 15) is 0 Å². The Balaban J connectivity index is 0.00000765. The molecule has 0 bridgehead atoms. The second-order valence-corrected chi connectivity index (χ2v) is 27.2. The first-order valence-corrected chi connectivity index (χ1v) is 27.0. The van der Waals surface area contributed by atoms with Crippen LogP contribution in [0.3, 0.4) is 0 Å². The van der Waals surface area contributed by atoms with E-state index in [1.54, 1.807) is 0 Å². The minimum absolute atomic E-state index is 0. The Morgan fingerprint density at radius 1 is 0.474 bits per heavy atom. The van der Waals surface area contributed by atoms with Crippen molar-refractivity contribution in [3.63, 3.8) is 0 Å². The molecule has 9 rings (SSSR count). The molecule has 0 saturated carbocycles. The Morgan fingerprint density at radius 2 is 1.01 bits per heavy atom. The Morgan fingerprint density at radius 3 is 1.57 bits per heavy atom. The Bertz CT molecular complexity index is 3570. The van der Waals surface area contributed by atoms with Crippen LogP contribution in [-0.4, -0.2) is 14.1 Å². The average Bonchev–Trinajstić information content (AvgIpc) is 3.94. The largest absolute Gasteiger partial charge is 0.510 e. The number of nitrogens with zero attached hydrogens (tertiary/aromatic N) is 4. The van der Waals surface area contributed by atoms with Gasteiger partial charge in [-0.2, -0.15) is 6.07 Å². The van der Waals surface area contributed by atoms with Gasteiger partial charge in [0.25, 0.3) is 6.33 Å². The van der Waals surface area contributed by atoms with Gasteiger partial charge in [-0.05, 0) is 102 Å². The predicted octanol–water partition coefficient (Wildman–Crippen LogP) is 17.6. The number of aromatic nitrogens is 4. The average molecular weight is 1190 g/mol. The molecule has 76 heavy (non-hydrogen) atoms. The fourth-order valence-electron chi connectivity index (χ4n) is 10.8. The summed E-state index contributed by atoms with van der Waals surface area (Å²) in [6.45, 7) is 43.8. The summed E-state index contributed by atoms with van der Waals surface area (Å²) < 4.78 is 14.2. The summed E-state index contributed by atoms with van der Waals surface area (Å²) in [7, 11) is 0. The molecule has 6 aromatic carbocycles. The standard InChI is InChI=1S/C70H80N4O.Pt/c1-64(2,3)48-34-35-71-60(41-48)74-58-33-27-26-32-56(58)61-57(66(7,8)9)43-55(44-59(61)74)75-54-40-51(70(18,19)47-30-24-21-25-31-47)39-53(42-54)73-45-72(62(67(10,11)12)63(73)68(13,14)15)52-37-49(65(4,5)6)36-50(38-52)69(16,17)46-28-22-20-23-29-46;/h20-41,43H,1-19H3;/q-2;. The molecular formula is C70H80N4OPt-2. The SMILES string of the molecule is CC(C)(C)c1cc(-[n+]2[c-]n(-c3[c-]c(Oc4[c-]c5c(c(C(C)(C)C)c4)c4ccccc4n5-c4cc(C(C)(C)C)ccn4)cc(C(C)(C)c4ccccc4)c3)c(C(C)(C)C)c2C(C)(C)C)cc(C(C)(C)c2ccccc2)c1.[Pt]. The van der Waals surface area contributed by atoms with Gasteiger partial charge in [-0.1, -0.05) is 227 Å². The van der Waals surface area contributed by atoms with E-state index in [1.807, 2.05) is 6.20 Å². The predicted molar refractivity (Wildman–Crippen MR) is 313 cm³/mol. The van der Waals surface area contributed by atoms with Gasteiger partial charge in [-0.15, -0.1) is 35.4 Å². The van der Waals surface area contributed by atoms with Crippen LogP contribution in [0.4, 0.5) is 0 Å². The second-order valence-electron chi connectivity index (χ2n) is 27.2. The van der Waals surface area contributed by atoms with Crippen LogP contribution in [0, 0.1) is 18.5 Å². The van der Waals surface area contributed by atoms with E-state index in [4.69, 9.17) is 9.72 Å². The first-order chi connectivity index (χ1) is 34.8. The summed E-state index contributed by atoms with van der Waals surface area (Å²) in [5, 5.41) is 2.31. The molecular weight excluding hydrogens is 1110 g/mol.